The van der Waals surface area contributed by atoms with Crippen LogP contribution in [0.15, 0.2) is 45.7 Å². The van der Waals surface area contributed by atoms with Gasteiger partial charge in [-0.05, 0) is 23.8 Å². The highest BCUT2D eigenvalue weighted by molar-refractivity contribution is 7.84. The molecule has 0 aliphatic heterocycles. The van der Waals surface area contributed by atoms with Gasteiger partial charge in [0.25, 0.3) is 0 Å². The third-order valence-corrected chi connectivity index (χ3v) is 4.05. The van der Waals surface area contributed by atoms with Gasteiger partial charge in [-0.15, -0.1) is 0 Å². The second-order valence-corrected chi connectivity index (χ2v) is 5.42. The van der Waals surface area contributed by atoms with Gasteiger partial charge in [0.15, 0.2) is 0 Å². The minimum atomic E-state index is -1.03. The van der Waals surface area contributed by atoms with Crippen molar-refractivity contribution in [3.63, 3.8) is 0 Å². The monoisotopic (exact) mass is 244 g/mol. The standard InChI is InChI=1S/C14H12O2S/c1-9-14(17(2)15)13-11-6-4-3-5-10(11)7-8-12(13)16-9/h3-8H,1-2H3/t17-/m0/s1. The third-order valence-electron chi connectivity index (χ3n) is 2.99. The maximum Gasteiger partial charge on any atom is 0.136 e. The molecule has 0 fully saturated rings. The molecule has 86 valence electrons. The molecule has 0 bridgehead atoms. The van der Waals surface area contributed by atoms with Crippen LogP contribution < -0.4 is 0 Å². The molecule has 1 atom stereocenters. The smallest absolute Gasteiger partial charge is 0.136 e. The van der Waals surface area contributed by atoms with Crippen LogP contribution in [0.2, 0.25) is 0 Å². The maximum atomic E-state index is 11.8. The molecule has 1 aromatic heterocycles. The summed E-state index contributed by atoms with van der Waals surface area (Å²) < 4.78 is 17.5. The van der Waals surface area contributed by atoms with Crippen molar-refractivity contribution in [1.29, 1.82) is 0 Å². The van der Waals surface area contributed by atoms with Gasteiger partial charge >= 0.3 is 0 Å². The van der Waals surface area contributed by atoms with Crippen molar-refractivity contribution in [2.45, 2.75) is 11.8 Å². The molecule has 0 radical (unpaired) electrons. The van der Waals surface area contributed by atoms with E-state index in [0.29, 0.717) is 0 Å². The van der Waals surface area contributed by atoms with Crippen LogP contribution in [0, 0.1) is 6.92 Å². The summed E-state index contributed by atoms with van der Waals surface area (Å²) in [5.41, 5.74) is 0.811. The lowest BCUT2D eigenvalue weighted by atomic mass is 10.1. The second-order valence-electron chi connectivity index (χ2n) is 4.10. The Balaban J connectivity index is 2.60. The zero-order valence-corrected chi connectivity index (χ0v) is 10.5. The summed E-state index contributed by atoms with van der Waals surface area (Å²) in [6.45, 7) is 1.87. The van der Waals surface area contributed by atoms with E-state index in [1.54, 1.807) is 6.26 Å². The van der Waals surface area contributed by atoms with Crippen molar-refractivity contribution in [2.24, 2.45) is 0 Å². The van der Waals surface area contributed by atoms with Gasteiger partial charge in [-0.1, -0.05) is 30.3 Å². The molecule has 0 saturated heterocycles. The zero-order chi connectivity index (χ0) is 12.0. The lowest BCUT2D eigenvalue weighted by Crippen LogP contribution is -1.88. The highest BCUT2D eigenvalue weighted by Gasteiger charge is 2.16. The van der Waals surface area contributed by atoms with Gasteiger partial charge in [-0.3, -0.25) is 4.21 Å². The number of aryl methyl sites for hydroxylation is 1. The molecule has 0 aliphatic carbocycles. The first-order valence-corrected chi connectivity index (χ1v) is 6.98. The van der Waals surface area contributed by atoms with Crippen LogP contribution in [-0.2, 0) is 10.8 Å². The number of hydrogen-bond acceptors (Lipinski definition) is 2. The number of rotatable bonds is 1. The third kappa shape index (κ3) is 1.50. The first kappa shape index (κ1) is 10.5. The average molecular weight is 244 g/mol. The lowest BCUT2D eigenvalue weighted by molar-refractivity contribution is 0.567. The largest absolute Gasteiger partial charge is 0.460 e. The van der Waals surface area contributed by atoms with Crippen LogP contribution in [0.5, 0.6) is 0 Å². The summed E-state index contributed by atoms with van der Waals surface area (Å²) in [7, 11) is -1.03. The van der Waals surface area contributed by atoms with E-state index in [4.69, 9.17) is 4.42 Å². The molecule has 0 spiro atoms. The molecule has 2 aromatic carbocycles. The lowest BCUT2D eigenvalue weighted by Gasteiger charge is -2.00. The molecule has 3 rings (SSSR count). The number of fused-ring (bicyclic) bond motifs is 3. The van der Waals surface area contributed by atoms with Crippen LogP contribution in [0.1, 0.15) is 5.76 Å². The fourth-order valence-electron chi connectivity index (χ4n) is 2.30. The van der Waals surface area contributed by atoms with Gasteiger partial charge in [0.05, 0.1) is 15.7 Å². The van der Waals surface area contributed by atoms with Crippen LogP contribution in [0.25, 0.3) is 21.7 Å². The predicted molar refractivity (Wildman–Crippen MR) is 70.8 cm³/mol. The summed E-state index contributed by atoms with van der Waals surface area (Å²) in [4.78, 5) is 0.816. The molecule has 2 nitrogen and oxygen atoms in total. The normalized spacial score (nSPS) is 13.3. The maximum absolute atomic E-state index is 11.8. The van der Waals surface area contributed by atoms with Gasteiger partial charge in [0.1, 0.15) is 11.3 Å². The van der Waals surface area contributed by atoms with E-state index in [2.05, 4.69) is 6.07 Å². The number of furan rings is 1. The van der Waals surface area contributed by atoms with E-state index in [0.717, 1.165) is 32.4 Å². The van der Waals surface area contributed by atoms with E-state index >= 15 is 0 Å². The SMILES string of the molecule is Cc1oc2ccc3ccccc3c2c1[S@](C)=O. The summed E-state index contributed by atoms with van der Waals surface area (Å²) >= 11 is 0. The fourth-order valence-corrected chi connectivity index (χ4v) is 3.25. The minimum Gasteiger partial charge on any atom is -0.460 e. The van der Waals surface area contributed by atoms with Crippen molar-refractivity contribution in [3.05, 3.63) is 42.2 Å². The average Bonchev–Trinajstić information content (AvgIpc) is 2.65. The Morgan fingerprint density at radius 3 is 2.65 bits per heavy atom. The highest BCUT2D eigenvalue weighted by Crippen LogP contribution is 2.33. The number of benzene rings is 2. The summed E-state index contributed by atoms with van der Waals surface area (Å²) in [6.07, 6.45) is 1.69. The van der Waals surface area contributed by atoms with E-state index in [9.17, 15) is 4.21 Å². The Bertz CT molecular complexity index is 740. The topological polar surface area (TPSA) is 30.2 Å². The van der Waals surface area contributed by atoms with Crippen molar-refractivity contribution in [3.8, 4) is 0 Å². The van der Waals surface area contributed by atoms with Gasteiger partial charge in [0.2, 0.25) is 0 Å². The Morgan fingerprint density at radius 2 is 1.88 bits per heavy atom. The summed E-state index contributed by atoms with van der Waals surface area (Å²) in [5, 5.41) is 3.24. The first-order valence-electron chi connectivity index (χ1n) is 5.43. The van der Waals surface area contributed by atoms with E-state index < -0.39 is 10.8 Å². The zero-order valence-electron chi connectivity index (χ0n) is 9.69. The molecule has 0 saturated carbocycles. The Labute approximate surface area is 102 Å². The van der Waals surface area contributed by atoms with Gasteiger partial charge in [-0.25, -0.2) is 0 Å². The summed E-state index contributed by atoms with van der Waals surface area (Å²) in [6, 6.07) is 12.1. The van der Waals surface area contributed by atoms with Crippen molar-refractivity contribution in [1.82, 2.24) is 0 Å². The van der Waals surface area contributed by atoms with Crippen LogP contribution >= 0.6 is 0 Å². The predicted octanol–water partition coefficient (Wildman–Crippen LogP) is 3.63. The molecule has 0 aliphatic rings. The Morgan fingerprint density at radius 1 is 1.12 bits per heavy atom. The van der Waals surface area contributed by atoms with Crippen LogP contribution in [0.3, 0.4) is 0 Å². The first-order chi connectivity index (χ1) is 8.18. The highest BCUT2D eigenvalue weighted by atomic mass is 32.2. The van der Waals surface area contributed by atoms with Gasteiger partial charge < -0.3 is 4.42 Å². The van der Waals surface area contributed by atoms with Crippen molar-refractivity contribution in [2.75, 3.05) is 6.26 Å². The Hall–Kier alpha value is -1.61. The Kier molecular flexibility index (Phi) is 2.30. The number of hydrogen-bond donors (Lipinski definition) is 0. The van der Waals surface area contributed by atoms with Crippen molar-refractivity contribution >= 4 is 32.5 Å². The van der Waals surface area contributed by atoms with E-state index in [1.807, 2.05) is 37.3 Å². The molecule has 3 heteroatoms. The molecule has 0 unspecified atom stereocenters. The van der Waals surface area contributed by atoms with Crippen LogP contribution in [0.4, 0.5) is 0 Å². The van der Waals surface area contributed by atoms with Gasteiger partial charge in [0, 0.05) is 11.6 Å². The second kappa shape index (κ2) is 3.70. The quantitative estimate of drug-likeness (QED) is 0.654. The molecular weight excluding hydrogens is 232 g/mol. The van der Waals surface area contributed by atoms with Crippen LogP contribution in [-0.4, -0.2) is 10.5 Å². The minimum absolute atomic E-state index is 0.747. The molecule has 3 aromatic rings. The van der Waals surface area contributed by atoms with E-state index in [-0.39, 0.29) is 0 Å². The van der Waals surface area contributed by atoms with Crippen molar-refractivity contribution < 1.29 is 8.63 Å². The van der Waals surface area contributed by atoms with Gasteiger partial charge in [-0.2, -0.15) is 0 Å². The molecule has 0 N–H and O–H groups in total. The molecule has 1 heterocycles. The molecular formula is C14H12O2S. The fraction of sp³-hybridized carbons (Fsp3) is 0.143. The van der Waals surface area contributed by atoms with E-state index in [1.165, 1.54) is 0 Å². The molecule has 17 heavy (non-hydrogen) atoms. The molecule has 0 amide bonds. The summed E-state index contributed by atoms with van der Waals surface area (Å²) in [5.74, 6) is 0.747.